The lowest BCUT2D eigenvalue weighted by molar-refractivity contribution is 0.547. The van der Waals surface area contributed by atoms with Gasteiger partial charge < -0.3 is 4.42 Å². The van der Waals surface area contributed by atoms with E-state index in [1.807, 2.05) is 6.07 Å². The molecule has 0 aromatic rings. The minimum absolute atomic E-state index is 0.310. The molecule has 0 N–H and O–H groups in total. The normalized spacial score (nSPS) is 9.73. The van der Waals surface area contributed by atoms with Crippen LogP contribution in [0.15, 0.2) is 22.8 Å². The van der Waals surface area contributed by atoms with Crippen LogP contribution < -0.4 is 0 Å². The average Bonchev–Trinajstić information content (AvgIpc) is 2.47. The van der Waals surface area contributed by atoms with E-state index in [4.69, 9.17) is 9.68 Å². The van der Waals surface area contributed by atoms with Gasteiger partial charge >= 0.3 is 0 Å². The number of aromatic nitrogens is 2. The first-order valence-corrected chi connectivity index (χ1v) is 3.02. The zero-order valence-corrected chi connectivity index (χ0v) is 5.48. The predicted molar refractivity (Wildman–Crippen MR) is 35.6 cm³/mol. The molecular weight excluding hydrogens is 142 g/mol. The molecule has 0 atom stereocenters. The maximum absolute atomic E-state index is 8.53. The summed E-state index contributed by atoms with van der Waals surface area (Å²) < 4.78 is 4.97. The average molecular weight is 145 g/mol. The number of nitrogens with zero attached hydrogens (tertiary/aromatic N) is 3. The lowest BCUT2D eigenvalue weighted by Gasteiger charge is -1.89. The van der Waals surface area contributed by atoms with Gasteiger partial charge in [-0.1, -0.05) is 0 Å². The highest BCUT2D eigenvalue weighted by Crippen LogP contribution is 2.20. The molecule has 0 spiro atoms. The summed E-state index contributed by atoms with van der Waals surface area (Å²) in [6, 6.07) is 5.36. The van der Waals surface area contributed by atoms with Crippen molar-refractivity contribution in [1.29, 1.82) is 5.26 Å². The van der Waals surface area contributed by atoms with Gasteiger partial charge in [0.2, 0.25) is 5.89 Å². The first kappa shape index (κ1) is 5.86. The molecule has 4 heteroatoms. The van der Waals surface area contributed by atoms with Crippen molar-refractivity contribution in [2.24, 2.45) is 0 Å². The molecule has 4 nitrogen and oxygen atoms in total. The van der Waals surface area contributed by atoms with Crippen molar-refractivity contribution in [1.82, 2.24) is 10.2 Å². The fourth-order valence-electron chi connectivity index (χ4n) is 0.864. The molecule has 0 saturated heterocycles. The van der Waals surface area contributed by atoms with E-state index < -0.39 is 0 Å². The zero-order chi connectivity index (χ0) is 7.68. The molecule has 0 bridgehead atoms. The van der Waals surface area contributed by atoms with Crippen LogP contribution >= 0.6 is 0 Å². The van der Waals surface area contributed by atoms with Gasteiger partial charge in [-0.2, -0.15) is 5.26 Å². The summed E-state index contributed by atoms with van der Waals surface area (Å²) in [6.07, 6.45) is 1.50. The Bertz CT molecular complexity index is 387. The van der Waals surface area contributed by atoms with Crippen molar-refractivity contribution < 1.29 is 4.42 Å². The maximum Gasteiger partial charge on any atom is 0.248 e. The fourth-order valence-corrected chi connectivity index (χ4v) is 0.864. The van der Waals surface area contributed by atoms with Gasteiger partial charge in [-0.15, -0.1) is 10.2 Å². The van der Waals surface area contributed by atoms with Crippen LogP contribution in [0.2, 0.25) is 0 Å². The Morgan fingerprint density at radius 3 is 3.18 bits per heavy atom. The molecule has 2 aliphatic heterocycles. The Labute approximate surface area is 62.4 Å². The Morgan fingerprint density at radius 1 is 1.45 bits per heavy atom. The Hall–Kier alpha value is -1.89. The van der Waals surface area contributed by atoms with E-state index in [1.165, 1.54) is 6.26 Å². The van der Waals surface area contributed by atoms with Crippen LogP contribution in [0.25, 0.3) is 11.5 Å². The molecular formula is C7H3N3O. The van der Waals surface area contributed by atoms with Gasteiger partial charge in [-0.05, 0) is 12.1 Å². The second kappa shape index (κ2) is 2.06. The van der Waals surface area contributed by atoms with E-state index in [9.17, 15) is 0 Å². The number of hydrogen-bond acceptors (Lipinski definition) is 4. The zero-order valence-electron chi connectivity index (χ0n) is 5.48. The fraction of sp³-hybridized carbons (Fsp3) is 0. The van der Waals surface area contributed by atoms with Crippen LogP contribution in [0, 0.1) is 11.3 Å². The van der Waals surface area contributed by atoms with E-state index in [-0.39, 0.29) is 0 Å². The molecule has 52 valence electrons. The van der Waals surface area contributed by atoms with Crippen molar-refractivity contribution in [3.8, 4) is 17.5 Å². The first-order chi connectivity index (χ1) is 5.42. The van der Waals surface area contributed by atoms with E-state index in [2.05, 4.69) is 10.2 Å². The topological polar surface area (TPSA) is 62.7 Å². The Balaban J connectivity index is 2.76. The summed E-state index contributed by atoms with van der Waals surface area (Å²) >= 11 is 0. The van der Waals surface area contributed by atoms with E-state index in [0.717, 1.165) is 0 Å². The third-order valence-electron chi connectivity index (χ3n) is 1.35. The standard InChI is InChI=1S/C7H3N3O/c8-4-6-5-2-1-3-11-7(5)10-9-6/h1-3H. The van der Waals surface area contributed by atoms with E-state index in [1.54, 1.807) is 12.1 Å². The third kappa shape index (κ3) is 0.749. The SMILES string of the molecule is N#Cc1nnc2occcc1-2. The van der Waals surface area contributed by atoms with Gasteiger partial charge in [0.1, 0.15) is 6.07 Å². The number of nitriles is 1. The molecule has 0 unspecified atom stereocenters. The molecule has 0 aliphatic carbocycles. The summed E-state index contributed by atoms with van der Waals surface area (Å²) in [5, 5.41) is 15.8. The molecule has 0 amide bonds. The van der Waals surface area contributed by atoms with E-state index >= 15 is 0 Å². The summed E-state index contributed by atoms with van der Waals surface area (Å²) in [6.45, 7) is 0. The largest absolute Gasteiger partial charge is 0.445 e. The van der Waals surface area contributed by atoms with Gasteiger partial charge in [0.15, 0.2) is 5.69 Å². The summed E-state index contributed by atoms with van der Waals surface area (Å²) in [5.41, 5.74) is 0.972. The summed E-state index contributed by atoms with van der Waals surface area (Å²) in [7, 11) is 0. The maximum atomic E-state index is 8.53. The molecule has 2 aliphatic rings. The Kier molecular flexibility index (Phi) is 1.10. The van der Waals surface area contributed by atoms with Crippen LogP contribution in [0.4, 0.5) is 0 Å². The molecule has 0 fully saturated rings. The molecule has 0 aromatic carbocycles. The highest BCUT2D eigenvalue weighted by atomic mass is 16.3. The van der Waals surface area contributed by atoms with Crippen LogP contribution in [-0.4, -0.2) is 10.2 Å². The molecule has 0 saturated carbocycles. The van der Waals surface area contributed by atoms with Crippen LogP contribution in [0.1, 0.15) is 5.69 Å². The second-order valence-corrected chi connectivity index (χ2v) is 1.99. The van der Waals surface area contributed by atoms with Crippen molar-refractivity contribution in [3.05, 3.63) is 24.1 Å². The van der Waals surface area contributed by atoms with Crippen molar-refractivity contribution in [2.45, 2.75) is 0 Å². The lowest BCUT2D eigenvalue weighted by Crippen LogP contribution is -1.75. The van der Waals surface area contributed by atoms with E-state index in [0.29, 0.717) is 17.1 Å². The van der Waals surface area contributed by atoms with Crippen LogP contribution in [0.3, 0.4) is 0 Å². The third-order valence-corrected chi connectivity index (χ3v) is 1.35. The first-order valence-electron chi connectivity index (χ1n) is 3.02. The predicted octanol–water partition coefficient (Wildman–Crippen LogP) is 1.05. The summed E-state index contributed by atoms with van der Waals surface area (Å²) in [5.74, 6) is 0.407. The molecule has 2 heterocycles. The van der Waals surface area contributed by atoms with Crippen molar-refractivity contribution in [3.63, 3.8) is 0 Å². The highest BCUT2D eigenvalue weighted by molar-refractivity contribution is 5.60. The van der Waals surface area contributed by atoms with Gasteiger partial charge in [0.05, 0.1) is 11.8 Å². The van der Waals surface area contributed by atoms with Gasteiger partial charge in [0, 0.05) is 0 Å². The smallest absolute Gasteiger partial charge is 0.248 e. The number of hydrogen-bond donors (Lipinski definition) is 0. The minimum atomic E-state index is 0.310. The summed E-state index contributed by atoms with van der Waals surface area (Å²) in [4.78, 5) is 0. The van der Waals surface area contributed by atoms with Gasteiger partial charge in [0.25, 0.3) is 0 Å². The number of rotatable bonds is 0. The number of fused-ring (bicyclic) bond motifs is 1. The minimum Gasteiger partial charge on any atom is -0.445 e. The van der Waals surface area contributed by atoms with Crippen molar-refractivity contribution in [2.75, 3.05) is 0 Å². The van der Waals surface area contributed by atoms with Gasteiger partial charge in [-0.25, -0.2) is 0 Å². The second-order valence-electron chi connectivity index (χ2n) is 1.99. The molecule has 0 radical (unpaired) electrons. The quantitative estimate of drug-likeness (QED) is 0.555. The highest BCUT2D eigenvalue weighted by Gasteiger charge is 2.13. The van der Waals surface area contributed by atoms with Gasteiger partial charge in [-0.3, -0.25) is 0 Å². The lowest BCUT2D eigenvalue weighted by atomic mass is 10.2. The molecule has 0 aromatic heterocycles. The van der Waals surface area contributed by atoms with Crippen LogP contribution in [-0.2, 0) is 0 Å². The van der Waals surface area contributed by atoms with Crippen molar-refractivity contribution >= 4 is 0 Å². The Morgan fingerprint density at radius 2 is 2.36 bits per heavy atom. The van der Waals surface area contributed by atoms with Crippen LogP contribution in [0.5, 0.6) is 0 Å². The molecule has 11 heavy (non-hydrogen) atoms. The monoisotopic (exact) mass is 145 g/mol. The molecule has 2 rings (SSSR count).